The van der Waals surface area contributed by atoms with Crippen molar-refractivity contribution in [3.8, 4) is 0 Å². The van der Waals surface area contributed by atoms with E-state index in [1.807, 2.05) is 46.8 Å². The van der Waals surface area contributed by atoms with Gasteiger partial charge >= 0.3 is 12.3 Å². The van der Waals surface area contributed by atoms with Gasteiger partial charge in [0, 0.05) is 17.7 Å². The predicted molar refractivity (Wildman–Crippen MR) is 120 cm³/mol. The van der Waals surface area contributed by atoms with E-state index in [9.17, 15) is 18.0 Å². The average Bonchev–Trinajstić information content (AvgIpc) is 3.15. The maximum atomic E-state index is 13.1. The SMILES string of the molecule is Cc1cc([C@@H]2CN(C(=O)OC(C)(C)C)[C@@H](C)CO2)n2nc(C3CCC(C(F)(F)F)CC3)cc2n1. The van der Waals surface area contributed by atoms with Crippen molar-refractivity contribution in [2.75, 3.05) is 13.2 Å². The molecule has 2 atom stereocenters. The molecule has 4 rings (SSSR count). The zero-order chi connectivity index (χ0) is 24.8. The lowest BCUT2D eigenvalue weighted by molar-refractivity contribution is -0.182. The first-order valence-electron chi connectivity index (χ1n) is 11.9. The maximum Gasteiger partial charge on any atom is 0.410 e. The molecular formula is C24H33F3N4O3. The van der Waals surface area contributed by atoms with Crippen LogP contribution in [-0.4, -0.2) is 56.6 Å². The molecule has 3 heterocycles. The Balaban J connectivity index is 1.57. The summed E-state index contributed by atoms with van der Waals surface area (Å²) in [5, 5.41) is 4.75. The van der Waals surface area contributed by atoms with E-state index in [4.69, 9.17) is 14.6 Å². The van der Waals surface area contributed by atoms with Crippen LogP contribution in [0.3, 0.4) is 0 Å². The van der Waals surface area contributed by atoms with Gasteiger partial charge < -0.3 is 14.4 Å². The van der Waals surface area contributed by atoms with E-state index < -0.39 is 29.9 Å². The highest BCUT2D eigenvalue weighted by Gasteiger charge is 2.42. The largest absolute Gasteiger partial charge is 0.444 e. The molecule has 0 bridgehead atoms. The maximum absolute atomic E-state index is 13.1. The summed E-state index contributed by atoms with van der Waals surface area (Å²) in [4.78, 5) is 19.0. The van der Waals surface area contributed by atoms with Gasteiger partial charge in [-0.15, -0.1) is 0 Å². The molecule has 1 saturated heterocycles. The minimum atomic E-state index is -4.13. The standard InChI is InChI=1S/C24H33F3N4O3/c1-14-10-19(20-12-30(15(2)13-33-20)22(32)34-23(3,4)5)31-21(28-14)11-18(29-31)16-6-8-17(9-7-16)24(25,26)27/h10-11,15-17,20H,6-9,12-13H2,1-5H3/t15-,16?,17?,20-/m0/s1. The van der Waals surface area contributed by atoms with Crippen LogP contribution in [0.1, 0.15) is 82.5 Å². The molecule has 0 N–H and O–H groups in total. The van der Waals surface area contributed by atoms with Crippen LogP contribution >= 0.6 is 0 Å². The number of aryl methyl sites for hydroxylation is 1. The zero-order valence-electron chi connectivity index (χ0n) is 20.4. The van der Waals surface area contributed by atoms with Crippen LogP contribution < -0.4 is 0 Å². The van der Waals surface area contributed by atoms with E-state index >= 15 is 0 Å². The molecule has 10 heteroatoms. The van der Waals surface area contributed by atoms with Gasteiger partial charge in [0.15, 0.2) is 5.65 Å². The average molecular weight is 483 g/mol. The lowest BCUT2D eigenvalue weighted by Gasteiger charge is -2.38. The van der Waals surface area contributed by atoms with Gasteiger partial charge in [-0.25, -0.2) is 14.3 Å². The van der Waals surface area contributed by atoms with Crippen molar-refractivity contribution < 1.29 is 27.4 Å². The molecule has 1 saturated carbocycles. The Morgan fingerprint density at radius 3 is 2.44 bits per heavy atom. The van der Waals surface area contributed by atoms with Gasteiger partial charge in [-0.3, -0.25) is 0 Å². The van der Waals surface area contributed by atoms with Gasteiger partial charge in [0.2, 0.25) is 0 Å². The number of morpholine rings is 1. The zero-order valence-corrected chi connectivity index (χ0v) is 20.4. The summed E-state index contributed by atoms with van der Waals surface area (Å²) in [7, 11) is 0. The molecule has 34 heavy (non-hydrogen) atoms. The highest BCUT2D eigenvalue weighted by molar-refractivity contribution is 5.68. The number of carbonyl (C=O) groups excluding carboxylic acids is 1. The van der Waals surface area contributed by atoms with Crippen molar-refractivity contribution in [2.45, 2.75) is 90.1 Å². The van der Waals surface area contributed by atoms with E-state index in [-0.39, 0.29) is 24.8 Å². The number of halogens is 3. The van der Waals surface area contributed by atoms with Gasteiger partial charge in [0.1, 0.15) is 11.7 Å². The third-order valence-electron chi connectivity index (χ3n) is 6.60. The molecule has 2 aliphatic rings. The summed E-state index contributed by atoms with van der Waals surface area (Å²) < 4.78 is 52.6. The van der Waals surface area contributed by atoms with Crippen LogP contribution in [0.15, 0.2) is 12.1 Å². The molecule has 2 fully saturated rings. The number of fused-ring (bicyclic) bond motifs is 1. The fraction of sp³-hybridized carbons (Fsp3) is 0.708. The van der Waals surface area contributed by atoms with Crippen molar-refractivity contribution in [3.05, 3.63) is 29.2 Å². The van der Waals surface area contributed by atoms with Crippen LogP contribution in [0.4, 0.5) is 18.0 Å². The van der Waals surface area contributed by atoms with Gasteiger partial charge in [-0.1, -0.05) is 0 Å². The Hall–Kier alpha value is -2.36. The Morgan fingerprint density at radius 1 is 1.15 bits per heavy atom. The van der Waals surface area contributed by atoms with Crippen molar-refractivity contribution in [1.29, 1.82) is 0 Å². The first-order chi connectivity index (χ1) is 15.8. The van der Waals surface area contributed by atoms with E-state index in [0.29, 0.717) is 31.6 Å². The summed E-state index contributed by atoms with van der Waals surface area (Å²) in [6, 6.07) is 3.62. The van der Waals surface area contributed by atoms with Gasteiger partial charge in [0.25, 0.3) is 0 Å². The molecule has 1 aliphatic heterocycles. The number of ether oxygens (including phenoxy) is 2. The predicted octanol–water partition coefficient (Wildman–Crippen LogP) is 5.57. The Labute approximate surface area is 197 Å². The van der Waals surface area contributed by atoms with E-state index in [1.165, 1.54) is 0 Å². The Kier molecular flexibility index (Phi) is 6.56. The first kappa shape index (κ1) is 24.8. The highest BCUT2D eigenvalue weighted by Crippen LogP contribution is 2.42. The number of hydrogen-bond donors (Lipinski definition) is 0. The van der Waals surface area contributed by atoms with Gasteiger partial charge in [-0.05, 0) is 66.4 Å². The number of hydrogen-bond acceptors (Lipinski definition) is 5. The van der Waals surface area contributed by atoms with Crippen molar-refractivity contribution in [3.63, 3.8) is 0 Å². The first-order valence-corrected chi connectivity index (χ1v) is 11.9. The number of aromatic nitrogens is 3. The normalized spacial score (nSPS) is 26.6. The molecular weight excluding hydrogens is 449 g/mol. The van der Waals surface area contributed by atoms with E-state index in [2.05, 4.69) is 4.98 Å². The van der Waals surface area contributed by atoms with Crippen molar-refractivity contribution in [1.82, 2.24) is 19.5 Å². The van der Waals surface area contributed by atoms with Crippen LogP contribution in [0.5, 0.6) is 0 Å². The van der Waals surface area contributed by atoms with Crippen molar-refractivity contribution in [2.24, 2.45) is 5.92 Å². The van der Waals surface area contributed by atoms with Crippen molar-refractivity contribution >= 4 is 11.7 Å². The van der Waals surface area contributed by atoms with Crippen LogP contribution in [-0.2, 0) is 9.47 Å². The minimum absolute atomic E-state index is 0.0287. The Morgan fingerprint density at radius 2 is 1.82 bits per heavy atom. The second-order valence-corrected chi connectivity index (χ2v) is 10.6. The van der Waals surface area contributed by atoms with Gasteiger partial charge in [-0.2, -0.15) is 18.3 Å². The molecule has 2 aromatic heterocycles. The third kappa shape index (κ3) is 5.31. The summed E-state index contributed by atoms with van der Waals surface area (Å²) in [5.41, 5.74) is 2.33. The number of rotatable bonds is 2. The lowest BCUT2D eigenvalue weighted by atomic mass is 9.80. The fourth-order valence-electron chi connectivity index (χ4n) is 4.80. The lowest BCUT2D eigenvalue weighted by Crippen LogP contribution is -2.50. The summed E-state index contributed by atoms with van der Waals surface area (Å²) in [6.45, 7) is 9.94. The topological polar surface area (TPSA) is 69.0 Å². The smallest absolute Gasteiger partial charge is 0.410 e. The molecule has 0 spiro atoms. The summed E-state index contributed by atoms with van der Waals surface area (Å²) in [6.07, 6.45) is -3.81. The number of alkyl halides is 3. The third-order valence-corrected chi connectivity index (χ3v) is 6.60. The molecule has 2 aromatic rings. The molecule has 1 aliphatic carbocycles. The Bertz CT molecular complexity index is 1040. The minimum Gasteiger partial charge on any atom is -0.444 e. The molecule has 0 aromatic carbocycles. The monoisotopic (exact) mass is 482 g/mol. The molecule has 188 valence electrons. The summed E-state index contributed by atoms with van der Waals surface area (Å²) in [5.74, 6) is -1.26. The second-order valence-electron chi connectivity index (χ2n) is 10.6. The van der Waals surface area contributed by atoms with E-state index in [0.717, 1.165) is 17.1 Å². The molecule has 1 amide bonds. The van der Waals surface area contributed by atoms with Crippen LogP contribution in [0.2, 0.25) is 0 Å². The number of amides is 1. The van der Waals surface area contributed by atoms with Gasteiger partial charge in [0.05, 0.1) is 36.5 Å². The summed E-state index contributed by atoms with van der Waals surface area (Å²) >= 11 is 0. The molecule has 7 nitrogen and oxygen atoms in total. The molecule has 0 unspecified atom stereocenters. The van der Waals surface area contributed by atoms with Crippen LogP contribution in [0.25, 0.3) is 5.65 Å². The second kappa shape index (κ2) is 9.02. The number of nitrogens with zero attached hydrogens (tertiary/aromatic N) is 4. The molecule has 0 radical (unpaired) electrons. The highest BCUT2D eigenvalue weighted by atomic mass is 19.4. The quantitative estimate of drug-likeness (QED) is 0.560. The fourth-order valence-corrected chi connectivity index (χ4v) is 4.80. The van der Waals surface area contributed by atoms with Crippen LogP contribution in [0, 0.1) is 12.8 Å². The van der Waals surface area contributed by atoms with E-state index in [1.54, 1.807) is 9.42 Å². The number of carbonyl (C=O) groups is 1.